The fourth-order valence-electron chi connectivity index (χ4n) is 2.40. The van der Waals surface area contributed by atoms with Gasteiger partial charge in [-0.1, -0.05) is 6.42 Å². The van der Waals surface area contributed by atoms with Crippen LogP contribution in [0.4, 0.5) is 0 Å². The van der Waals surface area contributed by atoms with Gasteiger partial charge in [0.15, 0.2) is 0 Å². The minimum absolute atomic E-state index is 0.0724. The molecule has 1 heterocycles. The zero-order valence-corrected chi connectivity index (χ0v) is 10.5. The van der Waals surface area contributed by atoms with Gasteiger partial charge in [0.1, 0.15) is 5.78 Å². The molecule has 4 nitrogen and oxygen atoms in total. The highest BCUT2D eigenvalue weighted by atomic mass is 32.2. The Morgan fingerprint density at radius 3 is 2.50 bits per heavy atom. The topological polar surface area (TPSA) is 54.5 Å². The molecule has 16 heavy (non-hydrogen) atoms. The summed E-state index contributed by atoms with van der Waals surface area (Å²) < 4.78 is 25.9. The lowest BCUT2D eigenvalue weighted by atomic mass is 10.0. The molecule has 1 saturated heterocycles. The number of hydrogen-bond acceptors (Lipinski definition) is 3. The Kier molecular flexibility index (Phi) is 3.35. The fourth-order valence-corrected chi connectivity index (χ4v) is 4.50. The molecule has 2 fully saturated rings. The van der Waals surface area contributed by atoms with Crippen LogP contribution in [-0.2, 0) is 14.8 Å². The first kappa shape index (κ1) is 12.0. The standard InChI is InChI=1S/C11H19NO3S/c1-9(13)8-10-4-2-3-7-12(10)16(14,15)11-5-6-11/h10-11H,2-8H2,1H3. The lowest BCUT2D eigenvalue weighted by Crippen LogP contribution is -2.45. The second-order valence-electron chi connectivity index (χ2n) is 4.91. The van der Waals surface area contributed by atoms with Crippen LogP contribution in [0.5, 0.6) is 0 Å². The van der Waals surface area contributed by atoms with Crippen molar-refractivity contribution >= 4 is 15.8 Å². The van der Waals surface area contributed by atoms with Crippen LogP contribution in [0.3, 0.4) is 0 Å². The number of Topliss-reactive ketones (excluding diaryl/α,β-unsaturated/α-hetero) is 1. The van der Waals surface area contributed by atoms with Crippen molar-refractivity contribution in [3.63, 3.8) is 0 Å². The third-order valence-corrected chi connectivity index (χ3v) is 5.82. The number of ketones is 1. The number of carbonyl (C=O) groups is 1. The van der Waals surface area contributed by atoms with Gasteiger partial charge in [0.05, 0.1) is 5.25 Å². The molecule has 0 spiro atoms. The largest absolute Gasteiger partial charge is 0.300 e. The number of rotatable bonds is 4. The molecule has 5 heteroatoms. The van der Waals surface area contributed by atoms with Gasteiger partial charge in [0.2, 0.25) is 10.0 Å². The van der Waals surface area contributed by atoms with E-state index in [0.717, 1.165) is 32.1 Å². The Labute approximate surface area is 97.1 Å². The van der Waals surface area contributed by atoms with Gasteiger partial charge in [-0.2, -0.15) is 4.31 Å². The van der Waals surface area contributed by atoms with Gasteiger partial charge in [-0.05, 0) is 32.6 Å². The number of piperidine rings is 1. The van der Waals surface area contributed by atoms with Gasteiger partial charge in [0, 0.05) is 19.0 Å². The van der Waals surface area contributed by atoms with Crippen LogP contribution in [0.15, 0.2) is 0 Å². The SMILES string of the molecule is CC(=O)CC1CCCCN1S(=O)(=O)C1CC1. The third-order valence-electron chi connectivity index (χ3n) is 3.37. The van der Waals surface area contributed by atoms with Crippen LogP contribution in [0.25, 0.3) is 0 Å². The molecule has 0 aromatic carbocycles. The molecule has 0 aromatic rings. The quantitative estimate of drug-likeness (QED) is 0.750. The molecule has 0 bridgehead atoms. The van der Waals surface area contributed by atoms with E-state index in [0.29, 0.717) is 13.0 Å². The monoisotopic (exact) mass is 245 g/mol. The summed E-state index contributed by atoms with van der Waals surface area (Å²) in [6.45, 7) is 2.15. The number of carbonyl (C=O) groups excluding carboxylic acids is 1. The van der Waals surface area contributed by atoms with E-state index in [2.05, 4.69) is 0 Å². The smallest absolute Gasteiger partial charge is 0.217 e. The maximum absolute atomic E-state index is 12.2. The zero-order valence-electron chi connectivity index (χ0n) is 9.68. The summed E-state index contributed by atoms with van der Waals surface area (Å²) in [5.74, 6) is 0.0860. The number of nitrogens with zero attached hydrogens (tertiary/aromatic N) is 1. The predicted octanol–water partition coefficient (Wildman–Crippen LogP) is 1.31. The normalized spacial score (nSPS) is 27.9. The van der Waals surface area contributed by atoms with Gasteiger partial charge in [-0.15, -0.1) is 0 Å². The molecule has 1 unspecified atom stereocenters. The lowest BCUT2D eigenvalue weighted by molar-refractivity contribution is -0.118. The average Bonchev–Trinajstić information content (AvgIpc) is 3.00. The highest BCUT2D eigenvalue weighted by Crippen LogP contribution is 2.34. The Bertz CT molecular complexity index is 373. The van der Waals surface area contributed by atoms with Crippen LogP contribution < -0.4 is 0 Å². The predicted molar refractivity (Wildman–Crippen MR) is 61.6 cm³/mol. The zero-order chi connectivity index (χ0) is 11.8. The van der Waals surface area contributed by atoms with E-state index in [9.17, 15) is 13.2 Å². The molecule has 2 rings (SSSR count). The first-order chi connectivity index (χ1) is 7.51. The molecule has 92 valence electrons. The van der Waals surface area contributed by atoms with E-state index in [-0.39, 0.29) is 17.1 Å². The van der Waals surface area contributed by atoms with Crippen molar-refractivity contribution < 1.29 is 13.2 Å². The molecule has 0 aromatic heterocycles. The summed E-state index contributed by atoms with van der Waals surface area (Å²) in [6.07, 6.45) is 4.78. The second kappa shape index (κ2) is 4.45. The van der Waals surface area contributed by atoms with E-state index in [4.69, 9.17) is 0 Å². The molecule has 1 aliphatic heterocycles. The summed E-state index contributed by atoms with van der Waals surface area (Å²) in [7, 11) is -3.10. The fraction of sp³-hybridized carbons (Fsp3) is 0.909. The summed E-state index contributed by atoms with van der Waals surface area (Å²) in [6, 6.07) is -0.0724. The van der Waals surface area contributed by atoms with Gasteiger partial charge in [-0.3, -0.25) is 4.79 Å². The second-order valence-corrected chi connectivity index (χ2v) is 7.08. The first-order valence-corrected chi connectivity index (χ1v) is 7.52. The maximum Gasteiger partial charge on any atom is 0.217 e. The van der Waals surface area contributed by atoms with Crippen molar-refractivity contribution in [1.82, 2.24) is 4.31 Å². The maximum atomic E-state index is 12.2. The number of hydrogen-bond donors (Lipinski definition) is 0. The Balaban J connectivity index is 2.12. The van der Waals surface area contributed by atoms with Crippen LogP contribution in [0.2, 0.25) is 0 Å². The van der Waals surface area contributed by atoms with Crippen molar-refractivity contribution in [1.29, 1.82) is 0 Å². The number of sulfonamides is 1. The van der Waals surface area contributed by atoms with E-state index in [1.165, 1.54) is 6.92 Å². The highest BCUT2D eigenvalue weighted by Gasteiger charge is 2.43. The summed E-state index contributed by atoms with van der Waals surface area (Å²) in [5.41, 5.74) is 0. The van der Waals surface area contributed by atoms with E-state index >= 15 is 0 Å². The molecule has 1 saturated carbocycles. The van der Waals surface area contributed by atoms with Crippen molar-refractivity contribution in [2.24, 2.45) is 0 Å². The summed E-state index contributed by atoms with van der Waals surface area (Å²) in [4.78, 5) is 11.1. The van der Waals surface area contributed by atoms with Crippen molar-refractivity contribution in [2.75, 3.05) is 6.54 Å². The van der Waals surface area contributed by atoms with Gasteiger partial charge in [0.25, 0.3) is 0 Å². The van der Waals surface area contributed by atoms with Gasteiger partial charge >= 0.3 is 0 Å². The third kappa shape index (κ3) is 2.46. The molecule has 1 atom stereocenters. The average molecular weight is 245 g/mol. The summed E-state index contributed by atoms with van der Waals surface area (Å²) >= 11 is 0. The van der Waals surface area contributed by atoms with E-state index in [1.807, 2.05) is 0 Å². The van der Waals surface area contributed by atoms with E-state index in [1.54, 1.807) is 4.31 Å². The van der Waals surface area contributed by atoms with Crippen molar-refractivity contribution in [2.45, 2.75) is 56.7 Å². The van der Waals surface area contributed by atoms with E-state index < -0.39 is 10.0 Å². The molecule has 0 radical (unpaired) electrons. The summed E-state index contributed by atoms with van der Waals surface area (Å²) in [5, 5.41) is -0.153. The first-order valence-electron chi connectivity index (χ1n) is 6.02. The molecule has 0 amide bonds. The van der Waals surface area contributed by atoms with Crippen LogP contribution >= 0.6 is 0 Å². The molecule has 1 aliphatic carbocycles. The Morgan fingerprint density at radius 2 is 1.94 bits per heavy atom. The van der Waals surface area contributed by atoms with Crippen LogP contribution in [-0.4, -0.2) is 36.3 Å². The van der Waals surface area contributed by atoms with Gasteiger partial charge in [-0.25, -0.2) is 8.42 Å². The van der Waals surface area contributed by atoms with Crippen molar-refractivity contribution in [3.05, 3.63) is 0 Å². The molecule has 2 aliphatic rings. The van der Waals surface area contributed by atoms with Crippen molar-refractivity contribution in [3.8, 4) is 0 Å². The molecular formula is C11H19NO3S. The molecule has 0 N–H and O–H groups in total. The van der Waals surface area contributed by atoms with Crippen LogP contribution in [0.1, 0.15) is 45.4 Å². The van der Waals surface area contributed by atoms with Gasteiger partial charge < -0.3 is 0 Å². The Morgan fingerprint density at radius 1 is 1.25 bits per heavy atom. The minimum Gasteiger partial charge on any atom is -0.300 e. The lowest BCUT2D eigenvalue weighted by Gasteiger charge is -2.34. The molecular weight excluding hydrogens is 226 g/mol. The Hall–Kier alpha value is -0.420. The van der Waals surface area contributed by atoms with Crippen LogP contribution in [0, 0.1) is 0 Å². The highest BCUT2D eigenvalue weighted by molar-refractivity contribution is 7.90. The minimum atomic E-state index is -3.10.